The van der Waals surface area contributed by atoms with E-state index in [0.29, 0.717) is 43.1 Å². The summed E-state index contributed by atoms with van der Waals surface area (Å²) < 4.78 is 5.56. The Bertz CT molecular complexity index is 838. The molecule has 6 nitrogen and oxygen atoms in total. The number of amides is 1. The van der Waals surface area contributed by atoms with Crippen LogP contribution in [0.5, 0.6) is 0 Å². The van der Waals surface area contributed by atoms with E-state index >= 15 is 0 Å². The lowest BCUT2D eigenvalue weighted by atomic mass is 10.1. The van der Waals surface area contributed by atoms with Crippen LogP contribution in [0.3, 0.4) is 0 Å². The van der Waals surface area contributed by atoms with Crippen LogP contribution in [0, 0.1) is 0 Å². The Labute approximate surface area is 174 Å². The Balaban J connectivity index is 1.57. The van der Waals surface area contributed by atoms with Gasteiger partial charge in [-0.25, -0.2) is 9.97 Å². The van der Waals surface area contributed by atoms with Gasteiger partial charge in [-0.1, -0.05) is 53.7 Å². The second kappa shape index (κ2) is 8.68. The van der Waals surface area contributed by atoms with Crippen molar-refractivity contribution in [1.82, 2.24) is 14.9 Å². The number of thioether (sulfide) groups is 1. The maximum atomic E-state index is 12.6. The second-order valence-electron chi connectivity index (χ2n) is 6.88. The molecule has 2 saturated heterocycles. The fourth-order valence-electron chi connectivity index (χ4n) is 3.69. The highest BCUT2D eigenvalue weighted by Crippen LogP contribution is 2.36. The quantitative estimate of drug-likeness (QED) is 0.431. The summed E-state index contributed by atoms with van der Waals surface area (Å²) in [7, 11) is 0. The smallest absolute Gasteiger partial charge is 0.251 e. The van der Waals surface area contributed by atoms with Crippen molar-refractivity contribution in [3.05, 3.63) is 35.5 Å². The van der Waals surface area contributed by atoms with Crippen molar-refractivity contribution >= 4 is 35.1 Å². The number of nitrogens with zero attached hydrogens (tertiary/aromatic N) is 4. The van der Waals surface area contributed by atoms with Crippen molar-refractivity contribution in [1.29, 1.82) is 0 Å². The minimum absolute atomic E-state index is 0.117. The monoisotopic (exact) mass is 418 g/mol. The number of ether oxygens (including phenoxy) is 1. The van der Waals surface area contributed by atoms with Gasteiger partial charge in [-0.15, -0.1) is 0 Å². The van der Waals surface area contributed by atoms with Gasteiger partial charge < -0.3 is 14.5 Å². The van der Waals surface area contributed by atoms with Crippen LogP contribution in [-0.4, -0.2) is 65.9 Å². The zero-order valence-electron chi connectivity index (χ0n) is 15.8. The molecule has 8 heteroatoms. The lowest BCUT2D eigenvalue weighted by Gasteiger charge is -2.37. The van der Waals surface area contributed by atoms with Crippen LogP contribution in [0.2, 0.25) is 5.15 Å². The normalized spacial score (nSPS) is 19.9. The van der Waals surface area contributed by atoms with Crippen molar-refractivity contribution in [3.8, 4) is 11.1 Å². The molecule has 2 aromatic rings. The van der Waals surface area contributed by atoms with E-state index in [0.717, 1.165) is 29.8 Å². The molecular weight excluding hydrogens is 396 g/mol. The highest BCUT2D eigenvalue weighted by molar-refractivity contribution is 7.98. The molecule has 1 aromatic heterocycles. The molecule has 0 spiro atoms. The third-order valence-electron chi connectivity index (χ3n) is 5.17. The summed E-state index contributed by atoms with van der Waals surface area (Å²) in [6.45, 7) is 3.42. The van der Waals surface area contributed by atoms with Crippen LogP contribution in [0.25, 0.3) is 11.1 Å². The largest absolute Gasteiger partial charge is 0.368 e. The molecular formula is C20H23ClN4O2S. The molecule has 28 heavy (non-hydrogen) atoms. The molecule has 1 amide bonds. The molecule has 2 aliphatic heterocycles. The molecule has 0 bridgehead atoms. The van der Waals surface area contributed by atoms with Crippen molar-refractivity contribution in [3.63, 3.8) is 0 Å². The fraction of sp³-hybridized carbons (Fsp3) is 0.450. The molecule has 4 rings (SSSR count). The van der Waals surface area contributed by atoms with E-state index in [9.17, 15) is 4.79 Å². The number of piperazine rings is 1. The maximum absolute atomic E-state index is 12.6. The van der Waals surface area contributed by atoms with E-state index in [1.54, 1.807) is 0 Å². The molecule has 1 aromatic carbocycles. The first-order valence-corrected chi connectivity index (χ1v) is 11.1. The predicted molar refractivity (Wildman–Crippen MR) is 112 cm³/mol. The Kier molecular flexibility index (Phi) is 6.04. The van der Waals surface area contributed by atoms with Gasteiger partial charge in [-0.05, 0) is 24.7 Å². The number of rotatable bonds is 4. The zero-order valence-corrected chi connectivity index (χ0v) is 17.4. The highest BCUT2D eigenvalue weighted by Gasteiger charge is 2.31. The first kappa shape index (κ1) is 19.5. The van der Waals surface area contributed by atoms with Crippen LogP contribution in [0.15, 0.2) is 35.5 Å². The first-order valence-electron chi connectivity index (χ1n) is 9.49. The van der Waals surface area contributed by atoms with Gasteiger partial charge in [0.25, 0.3) is 5.91 Å². The average Bonchev–Trinajstić information content (AvgIpc) is 3.28. The van der Waals surface area contributed by atoms with E-state index in [1.807, 2.05) is 41.5 Å². The summed E-state index contributed by atoms with van der Waals surface area (Å²) in [5.41, 5.74) is 1.84. The number of carbonyl (C=O) groups is 1. The highest BCUT2D eigenvalue weighted by atomic mass is 35.5. The van der Waals surface area contributed by atoms with Crippen LogP contribution < -0.4 is 4.90 Å². The third-order valence-corrected chi connectivity index (χ3v) is 5.99. The topological polar surface area (TPSA) is 58.6 Å². The van der Waals surface area contributed by atoms with Crippen LogP contribution >= 0.6 is 23.4 Å². The second-order valence-corrected chi connectivity index (χ2v) is 8.01. The van der Waals surface area contributed by atoms with Crippen molar-refractivity contribution in [2.75, 3.05) is 43.9 Å². The molecule has 148 valence electrons. The summed E-state index contributed by atoms with van der Waals surface area (Å²) in [5, 5.41) is 1.11. The lowest BCUT2D eigenvalue weighted by molar-refractivity contribution is -0.141. The summed E-state index contributed by atoms with van der Waals surface area (Å²) in [4.78, 5) is 25.9. The Morgan fingerprint density at radius 3 is 2.57 bits per heavy atom. The van der Waals surface area contributed by atoms with Gasteiger partial charge in [-0.3, -0.25) is 4.79 Å². The van der Waals surface area contributed by atoms with Gasteiger partial charge in [-0.2, -0.15) is 0 Å². The minimum Gasteiger partial charge on any atom is -0.368 e. The van der Waals surface area contributed by atoms with Crippen LogP contribution in [0.4, 0.5) is 5.82 Å². The Morgan fingerprint density at radius 2 is 1.93 bits per heavy atom. The number of benzene rings is 1. The number of anilines is 1. The summed E-state index contributed by atoms with van der Waals surface area (Å²) in [5.74, 6) is 0.950. The number of aromatic nitrogens is 2. The van der Waals surface area contributed by atoms with E-state index < -0.39 is 0 Å². The van der Waals surface area contributed by atoms with Crippen molar-refractivity contribution in [2.24, 2.45) is 0 Å². The molecule has 0 aliphatic carbocycles. The Hall–Kier alpha value is -1.83. The number of hydrogen-bond donors (Lipinski definition) is 0. The standard InChI is InChI=1S/C20H23ClN4O2S/c1-28-20-22-17(21)16(14-6-3-2-4-7-14)18(23-20)24-9-11-25(12-10-24)19(26)15-8-5-13-27-15/h2-4,6-7,15H,5,8-13H2,1H3/t15-/m0/s1. The fourth-order valence-corrected chi connectivity index (χ4v) is 4.38. The van der Waals surface area contributed by atoms with E-state index in [-0.39, 0.29) is 12.0 Å². The van der Waals surface area contributed by atoms with Gasteiger partial charge in [0.05, 0.1) is 5.56 Å². The summed E-state index contributed by atoms with van der Waals surface area (Å²) in [6, 6.07) is 9.98. The van der Waals surface area contributed by atoms with Crippen molar-refractivity contribution in [2.45, 2.75) is 24.1 Å². The van der Waals surface area contributed by atoms with E-state index in [2.05, 4.69) is 9.88 Å². The van der Waals surface area contributed by atoms with E-state index in [1.165, 1.54) is 11.8 Å². The van der Waals surface area contributed by atoms with Gasteiger partial charge in [0.1, 0.15) is 17.1 Å². The first-order chi connectivity index (χ1) is 13.7. The molecule has 3 heterocycles. The molecule has 0 unspecified atom stereocenters. The van der Waals surface area contributed by atoms with Crippen LogP contribution in [-0.2, 0) is 9.53 Å². The lowest BCUT2D eigenvalue weighted by Crippen LogP contribution is -2.51. The molecule has 0 N–H and O–H groups in total. The average molecular weight is 419 g/mol. The maximum Gasteiger partial charge on any atom is 0.251 e. The third kappa shape index (κ3) is 3.97. The summed E-state index contributed by atoms with van der Waals surface area (Å²) in [6.07, 6.45) is 3.47. The molecule has 0 saturated carbocycles. The van der Waals surface area contributed by atoms with Gasteiger partial charge >= 0.3 is 0 Å². The minimum atomic E-state index is -0.261. The number of halogens is 1. The zero-order chi connectivity index (χ0) is 19.5. The van der Waals surface area contributed by atoms with E-state index in [4.69, 9.17) is 21.3 Å². The molecule has 2 fully saturated rings. The Morgan fingerprint density at radius 1 is 1.18 bits per heavy atom. The van der Waals surface area contributed by atoms with Gasteiger partial charge in [0.2, 0.25) is 0 Å². The SMILES string of the molecule is CSc1nc(Cl)c(-c2ccccc2)c(N2CCN(C(=O)[C@@H]3CCCO3)CC2)n1. The summed E-state index contributed by atoms with van der Waals surface area (Å²) >= 11 is 8.03. The van der Waals surface area contributed by atoms with Gasteiger partial charge in [0, 0.05) is 32.8 Å². The van der Waals surface area contributed by atoms with Crippen LogP contribution in [0.1, 0.15) is 12.8 Å². The van der Waals surface area contributed by atoms with Crippen molar-refractivity contribution < 1.29 is 9.53 Å². The number of carbonyl (C=O) groups excluding carboxylic acids is 1. The molecule has 2 aliphatic rings. The number of hydrogen-bond acceptors (Lipinski definition) is 6. The molecule has 0 radical (unpaired) electrons. The predicted octanol–water partition coefficient (Wildman–Crippen LogP) is 3.35. The molecule has 1 atom stereocenters. The van der Waals surface area contributed by atoms with Gasteiger partial charge in [0.15, 0.2) is 5.16 Å².